The summed E-state index contributed by atoms with van der Waals surface area (Å²) in [5, 5.41) is 22.3. The molecule has 0 aliphatic carbocycles. The van der Waals surface area contributed by atoms with Gasteiger partial charge in [-0.3, -0.25) is 9.89 Å². The van der Waals surface area contributed by atoms with Crippen molar-refractivity contribution in [3.05, 3.63) is 72.9 Å². The van der Waals surface area contributed by atoms with Gasteiger partial charge in [-0.15, -0.1) is 0 Å². The Morgan fingerprint density at radius 1 is 1.02 bits per heavy atom. The third kappa shape index (κ3) is 7.68. The SMILES string of the molecule is CC(C)NC(=O)COc1cccc(-c2nc(Nc3ccc4[nH]ncc4c3)c3ccccc3n2)c1.O=C(O)C(F)(F)F. The molecule has 5 rings (SSSR count). The molecule has 3 aromatic carbocycles. The van der Waals surface area contributed by atoms with E-state index in [2.05, 4.69) is 20.8 Å². The average Bonchev–Trinajstić information content (AvgIpc) is 3.39. The summed E-state index contributed by atoms with van der Waals surface area (Å²) in [6.07, 6.45) is -3.29. The number of halogens is 3. The van der Waals surface area contributed by atoms with Gasteiger partial charge in [-0.05, 0) is 56.3 Å². The van der Waals surface area contributed by atoms with Crippen LogP contribution in [0.15, 0.2) is 72.9 Å². The molecule has 0 aliphatic rings. The largest absolute Gasteiger partial charge is 0.490 e. The number of aromatic amines is 1. The Bertz CT molecular complexity index is 1690. The minimum Gasteiger partial charge on any atom is -0.484 e. The van der Waals surface area contributed by atoms with Gasteiger partial charge in [-0.2, -0.15) is 18.3 Å². The van der Waals surface area contributed by atoms with Crippen LogP contribution in [0.5, 0.6) is 5.75 Å². The van der Waals surface area contributed by atoms with Crippen LogP contribution in [0.1, 0.15) is 13.8 Å². The third-order valence-corrected chi connectivity index (χ3v) is 5.46. The van der Waals surface area contributed by atoms with E-state index in [9.17, 15) is 18.0 Å². The van der Waals surface area contributed by atoms with E-state index in [1.54, 1.807) is 6.20 Å². The van der Waals surface area contributed by atoms with Gasteiger partial charge in [0, 0.05) is 28.1 Å². The fourth-order valence-electron chi connectivity index (χ4n) is 3.70. The van der Waals surface area contributed by atoms with Crippen molar-refractivity contribution in [2.24, 2.45) is 0 Å². The normalized spacial score (nSPS) is 11.2. The first-order chi connectivity index (χ1) is 19.5. The summed E-state index contributed by atoms with van der Waals surface area (Å²) in [5.41, 5.74) is 3.48. The molecule has 0 fully saturated rings. The Kier molecular flexibility index (Phi) is 8.66. The summed E-state index contributed by atoms with van der Waals surface area (Å²) >= 11 is 0. The lowest BCUT2D eigenvalue weighted by molar-refractivity contribution is -0.192. The molecule has 212 valence electrons. The molecule has 10 nitrogen and oxygen atoms in total. The number of carboxylic acid groups (broad SMARTS) is 1. The molecule has 1 amide bonds. The van der Waals surface area contributed by atoms with Gasteiger partial charge in [0.25, 0.3) is 5.91 Å². The fraction of sp³-hybridized carbons (Fsp3) is 0.179. The molecule has 4 N–H and O–H groups in total. The number of rotatable bonds is 7. The number of benzene rings is 3. The van der Waals surface area contributed by atoms with E-state index in [1.165, 1.54) is 0 Å². The first kappa shape index (κ1) is 28.8. The zero-order chi connectivity index (χ0) is 29.6. The molecule has 0 aliphatic heterocycles. The van der Waals surface area contributed by atoms with Crippen molar-refractivity contribution in [2.45, 2.75) is 26.1 Å². The van der Waals surface area contributed by atoms with Gasteiger partial charge >= 0.3 is 12.1 Å². The highest BCUT2D eigenvalue weighted by Gasteiger charge is 2.38. The van der Waals surface area contributed by atoms with Crippen LogP contribution in [0.3, 0.4) is 0 Å². The Balaban J connectivity index is 0.000000493. The molecule has 5 aromatic rings. The van der Waals surface area contributed by atoms with Gasteiger partial charge in [0.15, 0.2) is 12.4 Å². The third-order valence-electron chi connectivity index (χ3n) is 5.46. The molecule has 0 atom stereocenters. The van der Waals surface area contributed by atoms with Crippen LogP contribution in [0.25, 0.3) is 33.2 Å². The van der Waals surface area contributed by atoms with Crippen molar-refractivity contribution in [3.8, 4) is 17.1 Å². The number of amides is 1. The summed E-state index contributed by atoms with van der Waals surface area (Å²) < 4.78 is 37.4. The Morgan fingerprint density at radius 2 is 1.78 bits per heavy atom. The number of nitrogens with zero attached hydrogens (tertiary/aromatic N) is 3. The van der Waals surface area contributed by atoms with Crippen LogP contribution in [-0.4, -0.2) is 56.0 Å². The standard InChI is InChI=1S/C26H24N6O2.C2HF3O2/c1-16(2)28-24(33)15-34-20-7-5-6-17(13-20)25-30-23-9-4-3-8-21(23)26(31-25)29-19-10-11-22-18(12-19)14-27-32-22;3-2(4,5)1(6)7/h3-14,16H,15H2,1-2H3,(H,27,32)(H,28,33)(H,29,30,31);(H,6,7). The molecular formula is C28H25F3N6O4. The van der Waals surface area contributed by atoms with Crippen molar-refractivity contribution >= 4 is 45.2 Å². The number of carbonyl (C=O) groups is 2. The average molecular weight is 567 g/mol. The van der Waals surface area contributed by atoms with Crippen LogP contribution in [0.2, 0.25) is 0 Å². The second-order valence-corrected chi connectivity index (χ2v) is 9.05. The second kappa shape index (κ2) is 12.3. The number of nitrogens with one attached hydrogen (secondary N) is 3. The zero-order valence-corrected chi connectivity index (χ0v) is 21.9. The smallest absolute Gasteiger partial charge is 0.484 e. The van der Waals surface area contributed by atoms with Crippen LogP contribution in [0.4, 0.5) is 24.7 Å². The molecule has 41 heavy (non-hydrogen) atoms. The monoisotopic (exact) mass is 566 g/mol. The topological polar surface area (TPSA) is 142 Å². The van der Waals surface area contributed by atoms with E-state index < -0.39 is 12.1 Å². The molecule has 0 unspecified atom stereocenters. The van der Waals surface area contributed by atoms with Gasteiger partial charge < -0.3 is 20.5 Å². The number of fused-ring (bicyclic) bond motifs is 2. The van der Waals surface area contributed by atoms with E-state index >= 15 is 0 Å². The summed E-state index contributed by atoms with van der Waals surface area (Å²) in [6, 6.07) is 21.3. The first-order valence-electron chi connectivity index (χ1n) is 12.3. The maximum atomic E-state index is 11.9. The highest BCUT2D eigenvalue weighted by molar-refractivity contribution is 5.93. The number of ether oxygens (including phenoxy) is 1. The van der Waals surface area contributed by atoms with Gasteiger partial charge in [-0.25, -0.2) is 14.8 Å². The van der Waals surface area contributed by atoms with Gasteiger partial charge in [0.1, 0.15) is 11.6 Å². The molecule has 2 heterocycles. The Hall–Kier alpha value is -5.20. The Morgan fingerprint density at radius 3 is 2.51 bits per heavy atom. The molecule has 0 saturated heterocycles. The lowest BCUT2D eigenvalue weighted by Gasteiger charge is -2.12. The van der Waals surface area contributed by atoms with E-state index in [-0.39, 0.29) is 18.6 Å². The van der Waals surface area contributed by atoms with Gasteiger partial charge in [-0.1, -0.05) is 24.3 Å². The number of aromatic nitrogens is 4. The fourth-order valence-corrected chi connectivity index (χ4v) is 3.70. The van der Waals surface area contributed by atoms with E-state index in [4.69, 9.17) is 24.6 Å². The molecule has 13 heteroatoms. The Labute approximate surface area is 231 Å². The molecule has 0 saturated carbocycles. The minimum atomic E-state index is -5.08. The van der Waals surface area contributed by atoms with E-state index in [1.807, 2.05) is 80.6 Å². The lowest BCUT2D eigenvalue weighted by Crippen LogP contribution is -2.34. The zero-order valence-electron chi connectivity index (χ0n) is 21.9. The number of H-pyrrole nitrogens is 1. The van der Waals surface area contributed by atoms with Gasteiger partial charge in [0.2, 0.25) is 0 Å². The van der Waals surface area contributed by atoms with Crippen molar-refractivity contribution in [2.75, 3.05) is 11.9 Å². The molecule has 2 aromatic heterocycles. The van der Waals surface area contributed by atoms with Crippen LogP contribution >= 0.6 is 0 Å². The predicted molar refractivity (Wildman–Crippen MR) is 147 cm³/mol. The van der Waals surface area contributed by atoms with Crippen LogP contribution in [-0.2, 0) is 9.59 Å². The minimum absolute atomic E-state index is 0.0521. The number of carbonyl (C=O) groups excluding carboxylic acids is 1. The van der Waals surface area contributed by atoms with Crippen molar-refractivity contribution in [1.82, 2.24) is 25.5 Å². The van der Waals surface area contributed by atoms with E-state index in [0.29, 0.717) is 17.4 Å². The summed E-state index contributed by atoms with van der Waals surface area (Å²) in [5.74, 6) is -1.09. The first-order valence-corrected chi connectivity index (χ1v) is 12.3. The van der Waals surface area contributed by atoms with Crippen LogP contribution in [0, 0.1) is 0 Å². The van der Waals surface area contributed by atoms with Crippen molar-refractivity contribution < 1.29 is 32.6 Å². The number of alkyl halides is 3. The predicted octanol–water partition coefficient (Wildman–Crippen LogP) is 5.45. The number of carboxylic acids is 1. The summed E-state index contributed by atoms with van der Waals surface area (Å²) in [4.78, 5) is 30.4. The van der Waals surface area contributed by atoms with Crippen LogP contribution < -0.4 is 15.4 Å². The van der Waals surface area contributed by atoms with Gasteiger partial charge in [0.05, 0.1) is 17.2 Å². The number of para-hydroxylation sites is 1. The molecule has 0 bridgehead atoms. The lowest BCUT2D eigenvalue weighted by atomic mass is 10.1. The van der Waals surface area contributed by atoms with E-state index in [0.717, 1.165) is 33.1 Å². The number of aliphatic carboxylic acids is 1. The highest BCUT2D eigenvalue weighted by atomic mass is 19.4. The summed E-state index contributed by atoms with van der Waals surface area (Å²) in [7, 11) is 0. The molecule has 0 spiro atoms. The van der Waals surface area contributed by atoms with Crippen molar-refractivity contribution in [3.63, 3.8) is 0 Å². The molecule has 0 radical (unpaired) electrons. The maximum Gasteiger partial charge on any atom is 0.490 e. The molecular weight excluding hydrogens is 541 g/mol. The number of anilines is 2. The summed E-state index contributed by atoms with van der Waals surface area (Å²) in [6.45, 7) is 3.77. The quantitative estimate of drug-likeness (QED) is 0.204. The number of hydrogen-bond donors (Lipinski definition) is 4. The van der Waals surface area contributed by atoms with Crippen molar-refractivity contribution in [1.29, 1.82) is 0 Å². The highest BCUT2D eigenvalue weighted by Crippen LogP contribution is 2.29. The maximum absolute atomic E-state index is 11.9. The number of hydrogen-bond acceptors (Lipinski definition) is 7. The second-order valence-electron chi connectivity index (χ2n) is 9.05.